The van der Waals surface area contributed by atoms with Gasteiger partial charge < -0.3 is 19.7 Å². The van der Waals surface area contributed by atoms with Crippen molar-refractivity contribution in [3.8, 4) is 11.5 Å². The van der Waals surface area contributed by atoms with Gasteiger partial charge in [0.1, 0.15) is 0 Å². The fourth-order valence-electron chi connectivity index (χ4n) is 4.39. The second-order valence-electron chi connectivity index (χ2n) is 9.00. The molecule has 0 bridgehead atoms. The van der Waals surface area contributed by atoms with Crippen LogP contribution in [-0.4, -0.2) is 44.2 Å². The highest BCUT2D eigenvalue weighted by atomic mass is 35.5. The van der Waals surface area contributed by atoms with Gasteiger partial charge in [0.2, 0.25) is 0 Å². The van der Waals surface area contributed by atoms with Gasteiger partial charge in [-0.3, -0.25) is 9.78 Å². The summed E-state index contributed by atoms with van der Waals surface area (Å²) < 4.78 is 11.4. The van der Waals surface area contributed by atoms with E-state index in [4.69, 9.17) is 32.7 Å². The van der Waals surface area contributed by atoms with Crippen LogP contribution in [0.1, 0.15) is 34.5 Å². The number of aryl methyl sites for hydroxylation is 1. The van der Waals surface area contributed by atoms with E-state index in [-0.39, 0.29) is 5.91 Å². The maximum atomic E-state index is 12.9. The molecule has 190 valence electrons. The lowest BCUT2D eigenvalue weighted by molar-refractivity contribution is 0.0944. The lowest BCUT2D eigenvalue weighted by atomic mass is 9.96. The van der Waals surface area contributed by atoms with Crippen molar-refractivity contribution >= 4 is 34.8 Å². The summed E-state index contributed by atoms with van der Waals surface area (Å²) in [6.45, 7) is 5.00. The molecule has 2 aromatic carbocycles. The Hall–Kier alpha value is -2.96. The van der Waals surface area contributed by atoms with Crippen molar-refractivity contribution in [2.45, 2.75) is 26.2 Å². The van der Waals surface area contributed by atoms with Gasteiger partial charge in [0, 0.05) is 59.2 Å². The van der Waals surface area contributed by atoms with E-state index < -0.39 is 0 Å². The zero-order chi connectivity index (χ0) is 25.5. The molecular formula is C28H31Cl2N3O3. The number of nitrogens with zero attached hydrogens (tertiary/aromatic N) is 2. The molecule has 1 saturated heterocycles. The first-order valence-electron chi connectivity index (χ1n) is 12.1. The Labute approximate surface area is 222 Å². The summed E-state index contributed by atoms with van der Waals surface area (Å²) in [5.41, 5.74) is 3.73. The standard InChI is InChI=1S/C28H31Cl2N3O3/c1-19-15-24(7-11-31-19)33-12-8-20(9-13-33)18-32-28(34)22-4-6-26(35-2)27(16-22)36-14-10-21-3-5-23(29)17-25(21)30/h3-7,11,15-17,20H,8-10,12-14,18H2,1-2H3,(H,32,34). The van der Waals surface area contributed by atoms with E-state index in [0.29, 0.717) is 52.6 Å². The van der Waals surface area contributed by atoms with Crippen LogP contribution in [0.15, 0.2) is 54.7 Å². The molecule has 8 heteroatoms. The fraction of sp³-hybridized carbons (Fsp3) is 0.357. The molecule has 0 unspecified atom stereocenters. The molecule has 1 aliphatic heterocycles. The normalized spacial score (nSPS) is 13.9. The number of hydrogen-bond acceptors (Lipinski definition) is 5. The molecule has 6 nitrogen and oxygen atoms in total. The predicted molar refractivity (Wildman–Crippen MR) is 145 cm³/mol. The van der Waals surface area contributed by atoms with Crippen LogP contribution in [0, 0.1) is 12.8 Å². The number of piperidine rings is 1. The molecular weight excluding hydrogens is 497 g/mol. The molecule has 2 heterocycles. The number of benzene rings is 2. The van der Waals surface area contributed by atoms with E-state index >= 15 is 0 Å². The monoisotopic (exact) mass is 527 g/mol. The van der Waals surface area contributed by atoms with Gasteiger partial charge in [0.15, 0.2) is 11.5 Å². The second kappa shape index (κ2) is 12.3. The maximum Gasteiger partial charge on any atom is 0.251 e. The summed E-state index contributed by atoms with van der Waals surface area (Å²) in [7, 11) is 1.58. The maximum absolute atomic E-state index is 12.9. The molecule has 0 spiro atoms. The van der Waals surface area contributed by atoms with Gasteiger partial charge in [0.25, 0.3) is 5.91 Å². The van der Waals surface area contributed by atoms with Crippen molar-refractivity contribution in [2.75, 3.05) is 38.3 Å². The smallest absolute Gasteiger partial charge is 0.251 e. The summed E-state index contributed by atoms with van der Waals surface area (Å²) in [5, 5.41) is 4.30. The molecule has 0 radical (unpaired) electrons. The number of carbonyl (C=O) groups is 1. The average molecular weight is 528 g/mol. The van der Waals surface area contributed by atoms with Gasteiger partial charge in [-0.1, -0.05) is 29.3 Å². The zero-order valence-corrected chi connectivity index (χ0v) is 22.1. The number of halogens is 2. The highest BCUT2D eigenvalue weighted by molar-refractivity contribution is 6.35. The van der Waals surface area contributed by atoms with E-state index in [0.717, 1.165) is 37.2 Å². The van der Waals surface area contributed by atoms with Crippen molar-refractivity contribution in [2.24, 2.45) is 5.92 Å². The molecule has 1 fully saturated rings. The number of carbonyl (C=O) groups excluding carboxylic acids is 1. The van der Waals surface area contributed by atoms with Crippen LogP contribution in [0.5, 0.6) is 11.5 Å². The van der Waals surface area contributed by atoms with E-state index in [2.05, 4.69) is 27.3 Å². The third-order valence-corrected chi connectivity index (χ3v) is 7.07. The number of hydrogen-bond donors (Lipinski definition) is 1. The minimum Gasteiger partial charge on any atom is -0.493 e. The van der Waals surface area contributed by atoms with Gasteiger partial charge in [0.05, 0.1) is 13.7 Å². The van der Waals surface area contributed by atoms with Gasteiger partial charge in [-0.15, -0.1) is 0 Å². The van der Waals surface area contributed by atoms with Crippen LogP contribution in [0.4, 0.5) is 5.69 Å². The van der Waals surface area contributed by atoms with Gasteiger partial charge in [-0.05, 0) is 73.7 Å². The molecule has 4 rings (SSSR count). The molecule has 1 aliphatic rings. The van der Waals surface area contributed by atoms with Gasteiger partial charge >= 0.3 is 0 Å². The molecule has 0 saturated carbocycles. The fourth-order valence-corrected chi connectivity index (χ4v) is 4.89. The first kappa shape index (κ1) is 26.1. The van der Waals surface area contributed by atoms with Gasteiger partial charge in [-0.2, -0.15) is 0 Å². The van der Waals surface area contributed by atoms with E-state index in [1.54, 1.807) is 37.4 Å². The van der Waals surface area contributed by atoms with Crippen LogP contribution in [0.25, 0.3) is 0 Å². The lowest BCUT2D eigenvalue weighted by Gasteiger charge is -2.33. The van der Waals surface area contributed by atoms with Crippen LogP contribution < -0.4 is 19.7 Å². The quantitative estimate of drug-likeness (QED) is 0.371. The Kier molecular flexibility index (Phi) is 8.94. The van der Waals surface area contributed by atoms with Crippen LogP contribution in [0.3, 0.4) is 0 Å². The zero-order valence-electron chi connectivity index (χ0n) is 20.6. The number of ether oxygens (including phenoxy) is 2. The summed E-state index contributed by atoms with van der Waals surface area (Å²) in [6, 6.07) is 14.8. The first-order valence-corrected chi connectivity index (χ1v) is 12.9. The number of nitrogens with one attached hydrogen (secondary N) is 1. The number of rotatable bonds is 9. The molecule has 3 aromatic rings. The first-order chi connectivity index (χ1) is 17.4. The lowest BCUT2D eigenvalue weighted by Crippen LogP contribution is -2.38. The van der Waals surface area contributed by atoms with Crippen molar-refractivity contribution in [1.29, 1.82) is 0 Å². The Bertz CT molecular complexity index is 1200. The summed E-state index contributed by atoms with van der Waals surface area (Å²) in [5.74, 6) is 1.44. The van der Waals surface area contributed by atoms with Crippen LogP contribution in [-0.2, 0) is 6.42 Å². The third kappa shape index (κ3) is 6.83. The number of anilines is 1. The van der Waals surface area contributed by atoms with Crippen molar-refractivity contribution in [3.63, 3.8) is 0 Å². The summed E-state index contributed by atoms with van der Waals surface area (Å²) in [4.78, 5) is 19.5. The molecule has 0 aliphatic carbocycles. The Morgan fingerprint density at radius 2 is 1.89 bits per heavy atom. The molecule has 1 aromatic heterocycles. The van der Waals surface area contributed by atoms with E-state index in [1.807, 2.05) is 19.2 Å². The van der Waals surface area contributed by atoms with Crippen LogP contribution in [0.2, 0.25) is 10.0 Å². The molecule has 36 heavy (non-hydrogen) atoms. The predicted octanol–water partition coefficient (Wildman–Crippen LogP) is 5.97. The third-order valence-electron chi connectivity index (χ3n) is 6.48. The number of amides is 1. The molecule has 0 atom stereocenters. The number of aromatic nitrogens is 1. The number of methoxy groups -OCH3 is 1. The highest BCUT2D eigenvalue weighted by Gasteiger charge is 2.21. The Morgan fingerprint density at radius 1 is 1.08 bits per heavy atom. The Morgan fingerprint density at radius 3 is 2.61 bits per heavy atom. The van der Waals surface area contributed by atoms with Crippen LogP contribution >= 0.6 is 23.2 Å². The van der Waals surface area contributed by atoms with E-state index in [1.165, 1.54) is 5.69 Å². The summed E-state index contributed by atoms with van der Waals surface area (Å²) in [6.07, 6.45) is 4.53. The second-order valence-corrected chi connectivity index (χ2v) is 9.84. The van der Waals surface area contributed by atoms with Crippen molar-refractivity contribution < 1.29 is 14.3 Å². The number of pyridine rings is 1. The SMILES string of the molecule is COc1ccc(C(=O)NCC2CCN(c3ccnc(C)c3)CC2)cc1OCCc1ccc(Cl)cc1Cl. The van der Waals surface area contributed by atoms with Crippen molar-refractivity contribution in [3.05, 3.63) is 81.6 Å². The topological polar surface area (TPSA) is 63.7 Å². The Balaban J connectivity index is 1.29. The van der Waals surface area contributed by atoms with E-state index in [9.17, 15) is 4.79 Å². The molecule has 1 N–H and O–H groups in total. The summed E-state index contributed by atoms with van der Waals surface area (Å²) >= 11 is 12.2. The largest absolute Gasteiger partial charge is 0.493 e. The molecule has 1 amide bonds. The minimum atomic E-state index is -0.115. The average Bonchev–Trinajstić information content (AvgIpc) is 2.88. The highest BCUT2D eigenvalue weighted by Crippen LogP contribution is 2.29. The van der Waals surface area contributed by atoms with Crippen molar-refractivity contribution in [1.82, 2.24) is 10.3 Å². The van der Waals surface area contributed by atoms with Gasteiger partial charge in [-0.25, -0.2) is 0 Å². The minimum absolute atomic E-state index is 0.115.